The van der Waals surface area contributed by atoms with E-state index in [2.05, 4.69) is 26.6 Å². The highest BCUT2D eigenvalue weighted by atomic mass is 16.2. The first-order valence-corrected chi connectivity index (χ1v) is 9.18. The standard InChI is InChI=1S/C21H18N6O/c1-13-21(28)23-17-8-7-14(11-18(17)22-13)12-20-25-24-19-10-9-16(26-27(19)20)15-5-3-2-4-6-15/h2-11,17-18H,12H2,1H3,(H,23,28). The van der Waals surface area contributed by atoms with Crippen molar-refractivity contribution in [3.05, 3.63) is 72.1 Å². The second-order valence-electron chi connectivity index (χ2n) is 6.95. The average Bonchev–Trinajstić information content (AvgIpc) is 3.12. The minimum absolute atomic E-state index is 0.0790. The summed E-state index contributed by atoms with van der Waals surface area (Å²) in [7, 11) is 0. The number of rotatable bonds is 3. The maximum Gasteiger partial charge on any atom is 0.265 e. The summed E-state index contributed by atoms with van der Waals surface area (Å²) in [6.07, 6.45) is 6.67. The molecule has 3 heterocycles. The van der Waals surface area contributed by atoms with Crippen molar-refractivity contribution in [3.63, 3.8) is 0 Å². The smallest absolute Gasteiger partial charge is 0.265 e. The first-order chi connectivity index (χ1) is 13.7. The van der Waals surface area contributed by atoms with Gasteiger partial charge in [-0.15, -0.1) is 10.2 Å². The lowest BCUT2D eigenvalue weighted by Crippen LogP contribution is -2.48. The molecule has 0 radical (unpaired) electrons. The van der Waals surface area contributed by atoms with Crippen molar-refractivity contribution >= 4 is 17.3 Å². The molecule has 1 aromatic carbocycles. The lowest BCUT2D eigenvalue weighted by molar-refractivity contribution is -0.115. The Balaban J connectivity index is 1.46. The van der Waals surface area contributed by atoms with E-state index < -0.39 is 0 Å². The number of allylic oxidation sites excluding steroid dienone is 2. The fourth-order valence-corrected chi connectivity index (χ4v) is 3.52. The van der Waals surface area contributed by atoms with E-state index in [4.69, 9.17) is 5.10 Å². The second-order valence-corrected chi connectivity index (χ2v) is 6.95. The number of carbonyl (C=O) groups is 1. The van der Waals surface area contributed by atoms with E-state index >= 15 is 0 Å². The molecule has 138 valence electrons. The Bertz CT molecular complexity index is 1160. The summed E-state index contributed by atoms with van der Waals surface area (Å²) >= 11 is 0. The van der Waals surface area contributed by atoms with Crippen LogP contribution in [0.3, 0.4) is 0 Å². The molecule has 0 fully saturated rings. The Labute approximate surface area is 161 Å². The average molecular weight is 370 g/mol. The minimum Gasteiger partial charge on any atom is -0.342 e. The normalized spacial score (nSPS) is 21.1. The molecular formula is C21H18N6O. The summed E-state index contributed by atoms with van der Waals surface area (Å²) in [4.78, 5) is 16.3. The van der Waals surface area contributed by atoms with Crippen LogP contribution < -0.4 is 5.32 Å². The van der Waals surface area contributed by atoms with Crippen molar-refractivity contribution in [1.82, 2.24) is 25.1 Å². The van der Waals surface area contributed by atoms with Crippen LogP contribution >= 0.6 is 0 Å². The predicted octanol–water partition coefficient (Wildman–Crippen LogP) is 2.16. The molecule has 28 heavy (non-hydrogen) atoms. The Morgan fingerprint density at radius 1 is 1.11 bits per heavy atom. The maximum absolute atomic E-state index is 11.8. The van der Waals surface area contributed by atoms with E-state index in [-0.39, 0.29) is 18.0 Å². The first-order valence-electron chi connectivity index (χ1n) is 9.18. The highest BCUT2D eigenvalue weighted by Gasteiger charge is 2.28. The van der Waals surface area contributed by atoms with Gasteiger partial charge in [0.2, 0.25) is 0 Å². The summed E-state index contributed by atoms with van der Waals surface area (Å²) in [5, 5.41) is 16.2. The van der Waals surface area contributed by atoms with Crippen LogP contribution in [0.15, 0.2) is 71.3 Å². The number of nitrogens with zero attached hydrogens (tertiary/aromatic N) is 5. The van der Waals surface area contributed by atoms with Crippen molar-refractivity contribution < 1.29 is 4.79 Å². The third kappa shape index (κ3) is 2.90. The van der Waals surface area contributed by atoms with E-state index in [0.717, 1.165) is 22.7 Å². The van der Waals surface area contributed by atoms with Crippen LogP contribution in [0.1, 0.15) is 12.7 Å². The van der Waals surface area contributed by atoms with Crippen molar-refractivity contribution in [1.29, 1.82) is 0 Å². The van der Waals surface area contributed by atoms with Crippen LogP contribution in [0.25, 0.3) is 16.9 Å². The molecule has 0 saturated heterocycles. The number of nitrogens with one attached hydrogen (secondary N) is 1. The summed E-state index contributed by atoms with van der Waals surface area (Å²) in [6.45, 7) is 1.73. The molecule has 2 aliphatic rings. The Hall–Kier alpha value is -3.61. The van der Waals surface area contributed by atoms with Gasteiger partial charge < -0.3 is 5.32 Å². The highest BCUT2D eigenvalue weighted by molar-refractivity contribution is 6.38. The van der Waals surface area contributed by atoms with Gasteiger partial charge in [0, 0.05) is 12.0 Å². The number of aromatic nitrogens is 4. The number of hydrogen-bond donors (Lipinski definition) is 1. The largest absolute Gasteiger partial charge is 0.342 e. The summed E-state index contributed by atoms with van der Waals surface area (Å²) in [5.41, 5.74) is 4.22. The molecule has 0 spiro atoms. The molecule has 5 rings (SSSR count). The quantitative estimate of drug-likeness (QED) is 0.766. The first kappa shape index (κ1) is 16.6. The highest BCUT2D eigenvalue weighted by Crippen LogP contribution is 2.21. The van der Waals surface area contributed by atoms with Gasteiger partial charge in [0.1, 0.15) is 0 Å². The molecule has 2 atom stereocenters. The van der Waals surface area contributed by atoms with Gasteiger partial charge in [-0.25, -0.2) is 0 Å². The second kappa shape index (κ2) is 6.53. The van der Waals surface area contributed by atoms with Crippen LogP contribution in [0.2, 0.25) is 0 Å². The third-order valence-electron chi connectivity index (χ3n) is 5.00. The molecule has 1 aliphatic heterocycles. The van der Waals surface area contributed by atoms with Crippen LogP contribution in [0.4, 0.5) is 0 Å². The van der Waals surface area contributed by atoms with Gasteiger partial charge in [-0.1, -0.05) is 48.6 Å². The molecular weight excluding hydrogens is 352 g/mol. The number of aliphatic imine (C=N–C) groups is 1. The van der Waals surface area contributed by atoms with Crippen molar-refractivity contribution in [2.75, 3.05) is 0 Å². The fourth-order valence-electron chi connectivity index (χ4n) is 3.52. The van der Waals surface area contributed by atoms with Crippen LogP contribution in [0, 0.1) is 0 Å². The molecule has 0 bridgehead atoms. The van der Waals surface area contributed by atoms with Crippen molar-refractivity contribution in [2.24, 2.45) is 4.99 Å². The number of carbonyl (C=O) groups excluding carboxylic acids is 1. The minimum atomic E-state index is -0.108. The van der Waals surface area contributed by atoms with E-state index in [1.807, 2.05) is 54.6 Å². The maximum atomic E-state index is 11.8. The molecule has 2 unspecified atom stereocenters. The molecule has 7 heteroatoms. The van der Waals surface area contributed by atoms with Crippen molar-refractivity contribution in [3.8, 4) is 11.3 Å². The molecule has 7 nitrogen and oxygen atoms in total. The van der Waals surface area contributed by atoms with Gasteiger partial charge in [0.15, 0.2) is 11.5 Å². The number of hydrogen-bond acceptors (Lipinski definition) is 5. The van der Waals surface area contributed by atoms with E-state index in [0.29, 0.717) is 17.8 Å². The summed E-state index contributed by atoms with van der Waals surface area (Å²) in [5.74, 6) is 0.659. The fraction of sp³-hybridized carbons (Fsp3) is 0.190. The van der Waals surface area contributed by atoms with Gasteiger partial charge >= 0.3 is 0 Å². The Morgan fingerprint density at radius 3 is 2.82 bits per heavy atom. The van der Waals surface area contributed by atoms with Crippen molar-refractivity contribution in [2.45, 2.75) is 25.4 Å². The third-order valence-corrected chi connectivity index (χ3v) is 5.00. The van der Waals surface area contributed by atoms with Gasteiger partial charge in [0.05, 0.1) is 23.5 Å². The van der Waals surface area contributed by atoms with Gasteiger partial charge in [-0.3, -0.25) is 9.79 Å². The van der Waals surface area contributed by atoms with E-state index in [9.17, 15) is 4.79 Å². The lowest BCUT2D eigenvalue weighted by atomic mass is 9.94. The van der Waals surface area contributed by atoms with E-state index in [1.165, 1.54) is 0 Å². The molecule has 3 aromatic rings. The van der Waals surface area contributed by atoms with E-state index in [1.54, 1.807) is 11.4 Å². The SMILES string of the molecule is CC1=NC2C=C(Cc3nnc4ccc(-c5ccccc5)nn34)C=CC2NC1=O. The van der Waals surface area contributed by atoms with Crippen LogP contribution in [-0.2, 0) is 11.2 Å². The number of benzene rings is 1. The zero-order valence-corrected chi connectivity index (χ0v) is 15.3. The zero-order valence-electron chi connectivity index (χ0n) is 15.3. The molecule has 1 N–H and O–H groups in total. The Morgan fingerprint density at radius 2 is 1.96 bits per heavy atom. The lowest BCUT2D eigenvalue weighted by Gasteiger charge is -2.28. The van der Waals surface area contributed by atoms with Crippen LogP contribution in [0.5, 0.6) is 0 Å². The monoisotopic (exact) mass is 370 g/mol. The zero-order chi connectivity index (χ0) is 19.1. The summed E-state index contributed by atoms with van der Waals surface area (Å²) in [6, 6.07) is 13.8. The molecule has 2 aromatic heterocycles. The molecule has 1 aliphatic carbocycles. The predicted molar refractivity (Wildman–Crippen MR) is 106 cm³/mol. The van der Waals surface area contributed by atoms with Crippen LogP contribution in [-0.4, -0.2) is 43.5 Å². The van der Waals surface area contributed by atoms with Gasteiger partial charge in [0.25, 0.3) is 5.91 Å². The molecule has 1 amide bonds. The van der Waals surface area contributed by atoms with Gasteiger partial charge in [-0.2, -0.15) is 9.61 Å². The summed E-state index contributed by atoms with van der Waals surface area (Å²) < 4.78 is 1.79. The van der Waals surface area contributed by atoms with Gasteiger partial charge in [-0.05, 0) is 24.6 Å². The number of fused-ring (bicyclic) bond motifs is 2. The Kier molecular flexibility index (Phi) is 3.86. The topological polar surface area (TPSA) is 84.5 Å². The number of amides is 1. The molecule has 0 saturated carbocycles.